The maximum Gasteiger partial charge on any atom is 2.00 e. The molecule has 44 heavy (non-hydrogen) atoms. The van der Waals surface area contributed by atoms with Crippen molar-refractivity contribution in [2.45, 2.75) is 0 Å². The summed E-state index contributed by atoms with van der Waals surface area (Å²) >= 11 is 0. The van der Waals surface area contributed by atoms with Crippen molar-refractivity contribution in [2.75, 3.05) is 0 Å². The fraction of sp³-hybridized carbons (Fsp3) is 0. The molecule has 4 heteroatoms. The van der Waals surface area contributed by atoms with Crippen molar-refractivity contribution in [3.8, 4) is 46.9 Å². The van der Waals surface area contributed by atoms with Crippen molar-refractivity contribution in [1.82, 2.24) is 0 Å². The summed E-state index contributed by atoms with van der Waals surface area (Å²) in [5, 5.41) is 19.3. The van der Waals surface area contributed by atoms with Crippen LogP contribution >= 0.6 is 0 Å². The summed E-state index contributed by atoms with van der Waals surface area (Å²) < 4.78 is 0. The van der Waals surface area contributed by atoms with E-state index >= 15 is 0 Å². The number of hydrogen-bond donors (Lipinski definition) is 0. The third-order valence-corrected chi connectivity index (χ3v) is 6.48. The van der Waals surface area contributed by atoms with E-state index < -0.39 is 0 Å². The molecule has 0 spiro atoms. The zero-order valence-corrected chi connectivity index (χ0v) is 25.7. The van der Waals surface area contributed by atoms with Crippen LogP contribution in [0.1, 0.15) is 22.3 Å². The third kappa shape index (κ3) is 9.66. The van der Waals surface area contributed by atoms with Crippen molar-refractivity contribution >= 4 is 5.57 Å². The molecule has 2 aromatic carbocycles. The molecule has 0 aliphatic heterocycles. The van der Waals surface area contributed by atoms with Gasteiger partial charge in [-0.2, -0.15) is 10.5 Å². The molecular weight excluding hydrogens is 620 g/mol. The zero-order chi connectivity index (χ0) is 29.0. The molecule has 0 saturated heterocycles. The molecule has 2 nitrogen and oxygen atoms in total. The van der Waals surface area contributed by atoms with Gasteiger partial charge in [0.25, 0.3) is 0 Å². The Hall–Kier alpha value is -2.68. The maximum atomic E-state index is 9.65. The van der Waals surface area contributed by atoms with E-state index in [0.29, 0.717) is 5.57 Å². The average Bonchev–Trinajstić information content (AvgIpc) is 3.88. The van der Waals surface area contributed by atoms with Crippen molar-refractivity contribution < 1.29 is 34.1 Å². The fourth-order valence-corrected chi connectivity index (χ4v) is 4.52. The number of hydrogen-bond acceptors (Lipinski definition) is 2. The SMILES string of the molecule is N#CC(C#N)=C1c2cc(C#C[C]3[CH][CH][CH][CH]3)ccc2-c2ccc(C#C[C]3[CH][CH][CH][CH]3)cc21.[CH]1[CH][CH][CH][CH]1.[CH]1[CH][CH][CH][CH]1.[Fe+2].[Fe+2]. The van der Waals surface area contributed by atoms with E-state index in [-0.39, 0.29) is 39.7 Å². The van der Waals surface area contributed by atoms with E-state index in [1.165, 1.54) is 0 Å². The first-order chi connectivity index (χ1) is 20.8. The Labute approximate surface area is 287 Å². The minimum Gasteiger partial charge on any atom is -0.192 e. The standard InChI is InChI=1S/C30H14N2.2C5H5.2Fe/c31-19-25(20-32)30-28-17-23(11-9-21-5-1-2-6-21)13-15-26(28)27-16-14-24(18-29(27)30)12-10-22-7-3-4-8-22;2*1-2-4-5-3-1;;/h1-8,13-18H;2*1-5H;;/q;;;2*+2. The van der Waals surface area contributed by atoms with E-state index in [9.17, 15) is 10.5 Å². The van der Waals surface area contributed by atoms with Crippen molar-refractivity contribution in [2.24, 2.45) is 0 Å². The van der Waals surface area contributed by atoms with Gasteiger partial charge in [-0.3, -0.25) is 0 Å². The number of allylic oxidation sites excluding steroid dienone is 1. The number of nitrogens with zero attached hydrogens (tertiary/aromatic N) is 2. The normalized spacial score (nSPS) is 17.6. The second-order valence-corrected chi connectivity index (χ2v) is 9.27. The summed E-state index contributed by atoms with van der Waals surface area (Å²) in [6.45, 7) is 0. The van der Waals surface area contributed by atoms with Gasteiger partial charge in [-0.25, -0.2) is 0 Å². The van der Waals surface area contributed by atoms with Gasteiger partial charge in [0.05, 0.1) is 11.8 Å². The van der Waals surface area contributed by atoms with Crippen LogP contribution in [0.15, 0.2) is 42.0 Å². The molecule has 5 aliphatic carbocycles. The fourth-order valence-electron chi connectivity index (χ4n) is 4.52. The summed E-state index contributed by atoms with van der Waals surface area (Å²) in [4.78, 5) is 0. The van der Waals surface area contributed by atoms with E-state index in [4.69, 9.17) is 0 Å². The van der Waals surface area contributed by atoms with E-state index in [1.807, 2.05) is 152 Å². The maximum absolute atomic E-state index is 9.65. The third-order valence-electron chi connectivity index (χ3n) is 6.48. The van der Waals surface area contributed by atoms with Crippen LogP contribution in [0.4, 0.5) is 0 Å². The van der Waals surface area contributed by atoms with Gasteiger partial charge in [0.2, 0.25) is 0 Å². The molecule has 0 bridgehead atoms. The molecule has 0 heterocycles. The van der Waals surface area contributed by atoms with Crippen molar-refractivity contribution in [3.63, 3.8) is 0 Å². The molecule has 0 unspecified atom stereocenters. The smallest absolute Gasteiger partial charge is 0.192 e. The van der Waals surface area contributed by atoms with Gasteiger partial charge >= 0.3 is 34.1 Å². The molecule has 2 aromatic rings. The van der Waals surface area contributed by atoms with Crippen molar-refractivity contribution in [3.05, 3.63) is 192 Å². The van der Waals surface area contributed by atoms with Gasteiger partial charge < -0.3 is 0 Å². The molecule has 4 saturated carbocycles. The van der Waals surface area contributed by atoms with Gasteiger partial charge in [0.15, 0.2) is 0 Å². The predicted octanol–water partition coefficient (Wildman–Crippen LogP) is 7.07. The van der Waals surface area contributed by atoms with Crippen LogP contribution in [-0.4, -0.2) is 0 Å². The Balaban J connectivity index is 0.000000374. The minimum atomic E-state index is 0. The quantitative estimate of drug-likeness (QED) is 0.150. The van der Waals surface area contributed by atoms with Crippen LogP contribution in [0.25, 0.3) is 16.7 Å². The van der Waals surface area contributed by atoms with Gasteiger partial charge in [-0.1, -0.05) is 35.8 Å². The molecular formula is C40H24Fe2N2+4. The van der Waals surface area contributed by atoms with Crippen LogP contribution in [0, 0.1) is 174 Å². The molecule has 0 aromatic heterocycles. The first kappa shape index (κ1) is 35.8. The first-order valence-electron chi connectivity index (χ1n) is 13.4. The number of fused-ring (bicyclic) bond motifs is 3. The average molecular weight is 644 g/mol. The van der Waals surface area contributed by atoms with E-state index in [1.54, 1.807) is 0 Å². The van der Waals surface area contributed by atoms with Gasteiger partial charge in [-0.15, -0.1) is 0 Å². The molecule has 4 fully saturated rings. The summed E-state index contributed by atoms with van der Waals surface area (Å²) in [5.74, 6) is 14.6. The Morgan fingerprint density at radius 3 is 1.07 bits per heavy atom. The van der Waals surface area contributed by atoms with E-state index in [0.717, 1.165) is 45.2 Å². The molecule has 20 radical (unpaired) electrons. The Kier molecular flexibility index (Phi) is 15.4. The largest absolute Gasteiger partial charge is 2.00 e. The molecule has 206 valence electrons. The van der Waals surface area contributed by atoms with E-state index in [2.05, 4.69) is 35.8 Å². The first-order valence-corrected chi connectivity index (χ1v) is 13.4. The molecule has 5 aliphatic rings. The van der Waals surface area contributed by atoms with Crippen LogP contribution in [0.2, 0.25) is 0 Å². The predicted molar refractivity (Wildman–Crippen MR) is 167 cm³/mol. The molecule has 0 atom stereocenters. The number of nitriles is 2. The summed E-state index contributed by atoms with van der Waals surface area (Å²) in [6, 6.07) is 16.0. The molecule has 0 amide bonds. The Morgan fingerprint density at radius 1 is 0.409 bits per heavy atom. The molecule has 0 N–H and O–H groups in total. The number of benzene rings is 2. The van der Waals surface area contributed by atoms with Crippen LogP contribution in [0.5, 0.6) is 0 Å². The van der Waals surface area contributed by atoms with Gasteiger partial charge in [0, 0.05) is 16.7 Å². The van der Waals surface area contributed by atoms with Crippen molar-refractivity contribution in [1.29, 1.82) is 10.5 Å². The second kappa shape index (κ2) is 19.0. The zero-order valence-electron chi connectivity index (χ0n) is 23.5. The van der Waals surface area contributed by atoms with Gasteiger partial charge in [-0.05, 0) is 162 Å². The van der Waals surface area contributed by atoms with Crippen LogP contribution in [-0.2, 0) is 34.1 Å². The monoisotopic (exact) mass is 644 g/mol. The Morgan fingerprint density at radius 2 is 0.750 bits per heavy atom. The summed E-state index contributed by atoms with van der Waals surface area (Å²) in [5.41, 5.74) is 6.10. The summed E-state index contributed by atoms with van der Waals surface area (Å²) in [6.07, 6.45) is 35.7. The van der Waals surface area contributed by atoms with Crippen LogP contribution < -0.4 is 0 Å². The second-order valence-electron chi connectivity index (χ2n) is 9.27. The topological polar surface area (TPSA) is 47.6 Å². The summed E-state index contributed by atoms with van der Waals surface area (Å²) in [7, 11) is 0. The minimum absolute atomic E-state index is 0. The van der Waals surface area contributed by atoms with Gasteiger partial charge in [0.1, 0.15) is 17.7 Å². The van der Waals surface area contributed by atoms with Crippen LogP contribution in [0.3, 0.4) is 0 Å². The Bertz CT molecular complexity index is 1350. The number of rotatable bonds is 0. The molecule has 7 rings (SSSR count).